The standard InChI is InChI=1S/C16H19NO4/c1-5-8-14(18)13-11-12(20-4)9-10-15(13)21-16(19)17(6-2)7-3/h9-11H,6-7H2,1-4H3. The average molecular weight is 289 g/mol. The van der Waals surface area contributed by atoms with Crippen molar-refractivity contribution in [3.8, 4) is 23.3 Å². The van der Waals surface area contributed by atoms with E-state index in [1.54, 1.807) is 13.0 Å². The summed E-state index contributed by atoms with van der Waals surface area (Å²) in [5.41, 5.74) is 0.212. The Morgan fingerprint density at radius 2 is 1.90 bits per heavy atom. The highest BCUT2D eigenvalue weighted by molar-refractivity contribution is 6.11. The predicted molar refractivity (Wildman–Crippen MR) is 79.7 cm³/mol. The van der Waals surface area contributed by atoms with Crippen molar-refractivity contribution >= 4 is 11.9 Å². The maximum absolute atomic E-state index is 12.0. The van der Waals surface area contributed by atoms with Crippen LogP contribution in [0, 0.1) is 11.8 Å². The van der Waals surface area contributed by atoms with Crippen molar-refractivity contribution in [3.05, 3.63) is 23.8 Å². The van der Waals surface area contributed by atoms with Gasteiger partial charge in [-0.15, -0.1) is 0 Å². The molecule has 112 valence electrons. The fraction of sp³-hybridized carbons (Fsp3) is 0.375. The minimum absolute atomic E-state index is 0.181. The van der Waals surface area contributed by atoms with Crippen LogP contribution in [0.2, 0.25) is 0 Å². The average Bonchev–Trinajstić information content (AvgIpc) is 2.49. The molecule has 0 heterocycles. The quantitative estimate of drug-likeness (QED) is 0.475. The molecule has 0 aliphatic carbocycles. The number of carbonyl (C=O) groups is 2. The van der Waals surface area contributed by atoms with E-state index in [0.29, 0.717) is 18.8 Å². The number of hydrogen-bond donors (Lipinski definition) is 0. The van der Waals surface area contributed by atoms with Gasteiger partial charge in [0, 0.05) is 13.1 Å². The molecule has 0 spiro atoms. The fourth-order valence-electron chi connectivity index (χ4n) is 1.72. The lowest BCUT2D eigenvalue weighted by molar-refractivity contribution is 0.105. The molecule has 1 amide bonds. The second-order valence-electron chi connectivity index (χ2n) is 4.11. The smallest absolute Gasteiger partial charge is 0.415 e. The molecular weight excluding hydrogens is 270 g/mol. The molecule has 5 heteroatoms. The van der Waals surface area contributed by atoms with Crippen LogP contribution in [-0.4, -0.2) is 37.0 Å². The van der Waals surface area contributed by atoms with Gasteiger partial charge < -0.3 is 14.4 Å². The molecule has 0 N–H and O–H groups in total. The number of amides is 1. The molecule has 0 aliphatic rings. The van der Waals surface area contributed by atoms with Gasteiger partial charge in [-0.25, -0.2) is 4.79 Å². The van der Waals surface area contributed by atoms with Crippen LogP contribution in [0.1, 0.15) is 31.1 Å². The van der Waals surface area contributed by atoms with Gasteiger partial charge in [-0.3, -0.25) is 4.79 Å². The summed E-state index contributed by atoms with van der Waals surface area (Å²) in [5, 5.41) is 0. The lowest BCUT2D eigenvalue weighted by Crippen LogP contribution is -2.33. The molecule has 0 aliphatic heterocycles. The van der Waals surface area contributed by atoms with Gasteiger partial charge in [0.2, 0.25) is 5.78 Å². The molecule has 0 unspecified atom stereocenters. The van der Waals surface area contributed by atoms with Crippen LogP contribution in [0.5, 0.6) is 11.5 Å². The molecular formula is C16H19NO4. The maximum Gasteiger partial charge on any atom is 0.415 e. The Balaban J connectivity index is 3.13. The first-order valence-electron chi connectivity index (χ1n) is 6.69. The van der Waals surface area contributed by atoms with E-state index in [1.807, 2.05) is 13.8 Å². The number of nitrogens with zero attached hydrogens (tertiary/aromatic N) is 1. The topological polar surface area (TPSA) is 55.8 Å². The van der Waals surface area contributed by atoms with Gasteiger partial charge in [0.15, 0.2) is 0 Å². The Morgan fingerprint density at radius 3 is 2.43 bits per heavy atom. The Morgan fingerprint density at radius 1 is 1.24 bits per heavy atom. The zero-order valence-electron chi connectivity index (χ0n) is 12.7. The summed E-state index contributed by atoms with van der Waals surface area (Å²) in [7, 11) is 1.50. The summed E-state index contributed by atoms with van der Waals surface area (Å²) in [5.74, 6) is 5.23. The number of hydrogen-bond acceptors (Lipinski definition) is 4. The first kappa shape index (κ1) is 16.6. The highest BCUT2D eigenvalue weighted by Gasteiger charge is 2.18. The van der Waals surface area contributed by atoms with Crippen molar-refractivity contribution in [1.29, 1.82) is 0 Å². The Kier molecular flexibility index (Phi) is 6.28. The molecule has 1 aromatic rings. The zero-order chi connectivity index (χ0) is 15.8. The second kappa shape index (κ2) is 7.95. The normalized spacial score (nSPS) is 9.33. The van der Waals surface area contributed by atoms with Crippen LogP contribution in [0.15, 0.2) is 18.2 Å². The maximum atomic E-state index is 12.0. The van der Waals surface area contributed by atoms with E-state index in [4.69, 9.17) is 9.47 Å². The highest BCUT2D eigenvalue weighted by atomic mass is 16.6. The summed E-state index contributed by atoms with van der Waals surface area (Å²) >= 11 is 0. The van der Waals surface area contributed by atoms with Crippen molar-refractivity contribution in [2.75, 3.05) is 20.2 Å². The molecule has 0 fully saturated rings. The van der Waals surface area contributed by atoms with Gasteiger partial charge in [0.05, 0.1) is 12.7 Å². The number of benzene rings is 1. The summed E-state index contributed by atoms with van der Waals surface area (Å²) in [6, 6.07) is 4.67. The summed E-state index contributed by atoms with van der Waals surface area (Å²) in [4.78, 5) is 25.5. The zero-order valence-corrected chi connectivity index (χ0v) is 12.7. The molecule has 1 aromatic carbocycles. The van der Waals surface area contributed by atoms with E-state index >= 15 is 0 Å². The van der Waals surface area contributed by atoms with Crippen molar-refractivity contribution in [1.82, 2.24) is 4.90 Å². The Bertz CT molecular complexity index is 580. The van der Waals surface area contributed by atoms with E-state index in [0.717, 1.165) is 0 Å². The molecule has 0 bridgehead atoms. The van der Waals surface area contributed by atoms with Crippen LogP contribution >= 0.6 is 0 Å². The SMILES string of the molecule is CC#CC(=O)c1cc(OC)ccc1OC(=O)N(CC)CC. The lowest BCUT2D eigenvalue weighted by atomic mass is 10.1. The van der Waals surface area contributed by atoms with Crippen LogP contribution in [0.25, 0.3) is 0 Å². The van der Waals surface area contributed by atoms with Crippen LogP contribution in [0.4, 0.5) is 4.79 Å². The number of methoxy groups -OCH3 is 1. The highest BCUT2D eigenvalue weighted by Crippen LogP contribution is 2.25. The van der Waals surface area contributed by atoms with Gasteiger partial charge in [-0.1, -0.05) is 5.92 Å². The molecule has 0 aromatic heterocycles. The van der Waals surface area contributed by atoms with Crippen molar-refractivity contribution in [2.24, 2.45) is 0 Å². The second-order valence-corrected chi connectivity index (χ2v) is 4.11. The number of rotatable bonds is 5. The van der Waals surface area contributed by atoms with Gasteiger partial charge in [-0.2, -0.15) is 0 Å². The van der Waals surface area contributed by atoms with E-state index in [2.05, 4.69) is 11.8 Å². The van der Waals surface area contributed by atoms with Crippen LogP contribution < -0.4 is 9.47 Å². The monoisotopic (exact) mass is 289 g/mol. The molecule has 5 nitrogen and oxygen atoms in total. The van der Waals surface area contributed by atoms with Gasteiger partial charge in [0.25, 0.3) is 0 Å². The minimum atomic E-state index is -0.497. The third-order valence-corrected chi connectivity index (χ3v) is 2.89. The molecule has 0 saturated carbocycles. The lowest BCUT2D eigenvalue weighted by Gasteiger charge is -2.18. The van der Waals surface area contributed by atoms with E-state index in [9.17, 15) is 9.59 Å². The van der Waals surface area contributed by atoms with E-state index < -0.39 is 11.9 Å². The fourth-order valence-corrected chi connectivity index (χ4v) is 1.72. The molecule has 21 heavy (non-hydrogen) atoms. The third-order valence-electron chi connectivity index (χ3n) is 2.89. The minimum Gasteiger partial charge on any atom is -0.497 e. The summed E-state index contributed by atoms with van der Waals surface area (Å²) < 4.78 is 10.4. The first-order valence-corrected chi connectivity index (χ1v) is 6.69. The molecule has 0 radical (unpaired) electrons. The third kappa shape index (κ3) is 4.25. The number of carbonyl (C=O) groups excluding carboxylic acids is 2. The van der Waals surface area contributed by atoms with Gasteiger partial charge in [-0.05, 0) is 44.9 Å². The van der Waals surface area contributed by atoms with Crippen molar-refractivity contribution in [3.63, 3.8) is 0 Å². The Labute approximate surface area is 124 Å². The van der Waals surface area contributed by atoms with Crippen LogP contribution in [-0.2, 0) is 0 Å². The van der Waals surface area contributed by atoms with Crippen molar-refractivity contribution < 1.29 is 19.1 Å². The largest absolute Gasteiger partial charge is 0.497 e. The van der Waals surface area contributed by atoms with Crippen LogP contribution in [0.3, 0.4) is 0 Å². The predicted octanol–water partition coefficient (Wildman–Crippen LogP) is 2.74. The van der Waals surface area contributed by atoms with Crippen molar-refractivity contribution in [2.45, 2.75) is 20.8 Å². The molecule has 0 saturated heterocycles. The van der Waals surface area contributed by atoms with E-state index in [1.165, 1.54) is 24.1 Å². The summed E-state index contributed by atoms with van der Waals surface area (Å²) in [6.45, 7) is 6.34. The van der Waals surface area contributed by atoms with Gasteiger partial charge in [0.1, 0.15) is 11.5 Å². The Hall–Kier alpha value is -2.48. The molecule has 0 atom stereocenters. The number of ketones is 1. The molecule has 1 rings (SSSR count). The summed E-state index contributed by atoms with van der Waals surface area (Å²) in [6.07, 6.45) is -0.497. The number of ether oxygens (including phenoxy) is 2. The number of Topliss-reactive ketones (excluding diaryl/α,β-unsaturated/α-hetero) is 1. The van der Waals surface area contributed by atoms with E-state index in [-0.39, 0.29) is 11.3 Å². The van der Waals surface area contributed by atoms with Gasteiger partial charge >= 0.3 is 6.09 Å². The first-order chi connectivity index (χ1) is 10.1.